The first kappa shape index (κ1) is 17.7. The molecule has 25 heavy (non-hydrogen) atoms. The molecule has 0 spiro atoms. The molecule has 0 aromatic heterocycles. The predicted octanol–water partition coefficient (Wildman–Crippen LogP) is 2.17. The normalized spacial score (nSPS) is 18.4. The SMILES string of the molecule is O=C(NCCC(=O)N1CCN(c2ccc(F)cc2)CC1)C1CCCC1. The van der Waals surface area contributed by atoms with Crippen molar-refractivity contribution in [2.75, 3.05) is 37.6 Å². The van der Waals surface area contributed by atoms with Crippen LogP contribution in [-0.2, 0) is 9.59 Å². The summed E-state index contributed by atoms with van der Waals surface area (Å²) >= 11 is 0. The van der Waals surface area contributed by atoms with Crippen molar-refractivity contribution in [1.82, 2.24) is 10.2 Å². The lowest BCUT2D eigenvalue weighted by molar-refractivity contribution is -0.131. The van der Waals surface area contributed by atoms with E-state index in [-0.39, 0.29) is 23.5 Å². The van der Waals surface area contributed by atoms with Gasteiger partial charge in [-0.15, -0.1) is 0 Å². The Morgan fingerprint density at radius 3 is 2.32 bits per heavy atom. The molecule has 0 bridgehead atoms. The predicted molar refractivity (Wildman–Crippen MR) is 94.8 cm³/mol. The second-order valence-electron chi connectivity index (χ2n) is 6.87. The molecule has 1 saturated carbocycles. The van der Waals surface area contributed by atoms with Crippen molar-refractivity contribution < 1.29 is 14.0 Å². The molecule has 2 amide bonds. The summed E-state index contributed by atoms with van der Waals surface area (Å²) in [5, 5.41) is 2.90. The van der Waals surface area contributed by atoms with Crippen molar-refractivity contribution in [3.05, 3.63) is 30.1 Å². The van der Waals surface area contributed by atoms with Gasteiger partial charge in [-0.2, -0.15) is 0 Å². The van der Waals surface area contributed by atoms with Crippen molar-refractivity contribution >= 4 is 17.5 Å². The summed E-state index contributed by atoms with van der Waals surface area (Å²) in [5.41, 5.74) is 0.984. The second-order valence-corrected chi connectivity index (χ2v) is 6.87. The fourth-order valence-corrected chi connectivity index (χ4v) is 3.65. The average Bonchev–Trinajstić information content (AvgIpc) is 3.17. The van der Waals surface area contributed by atoms with E-state index < -0.39 is 0 Å². The number of hydrogen-bond donors (Lipinski definition) is 1. The zero-order valence-corrected chi connectivity index (χ0v) is 14.5. The Kier molecular flexibility index (Phi) is 5.89. The summed E-state index contributed by atoms with van der Waals surface area (Å²) in [5.74, 6) is 0.100. The van der Waals surface area contributed by atoms with Crippen molar-refractivity contribution in [2.45, 2.75) is 32.1 Å². The van der Waals surface area contributed by atoms with E-state index in [2.05, 4.69) is 10.2 Å². The maximum atomic E-state index is 13.0. The quantitative estimate of drug-likeness (QED) is 0.888. The van der Waals surface area contributed by atoms with Gasteiger partial charge in [0, 0.05) is 50.7 Å². The number of benzene rings is 1. The van der Waals surface area contributed by atoms with Crippen molar-refractivity contribution in [3.63, 3.8) is 0 Å². The van der Waals surface area contributed by atoms with E-state index in [1.807, 2.05) is 4.90 Å². The largest absolute Gasteiger partial charge is 0.368 e. The summed E-state index contributed by atoms with van der Waals surface area (Å²) in [6, 6.07) is 6.45. The van der Waals surface area contributed by atoms with E-state index in [0.29, 0.717) is 26.1 Å². The number of anilines is 1. The molecule has 0 unspecified atom stereocenters. The molecule has 3 rings (SSSR count). The van der Waals surface area contributed by atoms with E-state index in [9.17, 15) is 14.0 Å². The van der Waals surface area contributed by atoms with E-state index in [0.717, 1.165) is 44.5 Å². The first-order valence-electron chi connectivity index (χ1n) is 9.19. The van der Waals surface area contributed by atoms with Gasteiger partial charge in [-0.05, 0) is 37.1 Å². The van der Waals surface area contributed by atoms with Gasteiger partial charge in [0.25, 0.3) is 0 Å². The molecule has 6 heteroatoms. The highest BCUT2D eigenvalue weighted by atomic mass is 19.1. The number of amides is 2. The molecule has 1 aromatic rings. The van der Waals surface area contributed by atoms with Gasteiger partial charge in [0.15, 0.2) is 0 Å². The van der Waals surface area contributed by atoms with Crippen molar-refractivity contribution in [1.29, 1.82) is 0 Å². The average molecular weight is 347 g/mol. The molecular formula is C19H26FN3O2. The van der Waals surface area contributed by atoms with Crippen LogP contribution in [0.2, 0.25) is 0 Å². The van der Waals surface area contributed by atoms with Gasteiger partial charge in [-0.3, -0.25) is 9.59 Å². The molecule has 2 fully saturated rings. The van der Waals surface area contributed by atoms with Crippen LogP contribution in [0.3, 0.4) is 0 Å². The zero-order chi connectivity index (χ0) is 17.6. The highest BCUT2D eigenvalue weighted by Gasteiger charge is 2.24. The molecule has 1 aliphatic heterocycles. The smallest absolute Gasteiger partial charge is 0.224 e. The Morgan fingerprint density at radius 1 is 1.04 bits per heavy atom. The van der Waals surface area contributed by atoms with E-state index in [4.69, 9.17) is 0 Å². The number of hydrogen-bond acceptors (Lipinski definition) is 3. The highest BCUT2D eigenvalue weighted by molar-refractivity contribution is 5.80. The number of halogens is 1. The molecule has 2 aliphatic rings. The number of nitrogens with one attached hydrogen (secondary N) is 1. The minimum atomic E-state index is -0.239. The minimum absolute atomic E-state index is 0.0884. The first-order valence-corrected chi connectivity index (χ1v) is 9.19. The second kappa shape index (κ2) is 8.32. The summed E-state index contributed by atoms with van der Waals surface area (Å²) in [6.07, 6.45) is 4.58. The third kappa shape index (κ3) is 4.71. The topological polar surface area (TPSA) is 52.7 Å². The molecule has 0 radical (unpaired) electrons. The summed E-state index contributed by atoms with van der Waals surface area (Å²) in [7, 11) is 0. The third-order valence-corrected chi connectivity index (χ3v) is 5.19. The molecule has 1 heterocycles. The molecule has 0 atom stereocenters. The van der Waals surface area contributed by atoms with Crippen LogP contribution in [0.5, 0.6) is 0 Å². The molecule has 1 saturated heterocycles. The zero-order valence-electron chi connectivity index (χ0n) is 14.5. The van der Waals surface area contributed by atoms with Crippen LogP contribution in [-0.4, -0.2) is 49.4 Å². The maximum Gasteiger partial charge on any atom is 0.224 e. The van der Waals surface area contributed by atoms with Crippen LogP contribution in [0.25, 0.3) is 0 Å². The Labute approximate surface area is 148 Å². The van der Waals surface area contributed by atoms with Gasteiger partial charge >= 0.3 is 0 Å². The fraction of sp³-hybridized carbons (Fsp3) is 0.579. The van der Waals surface area contributed by atoms with Gasteiger partial charge in [-0.1, -0.05) is 12.8 Å². The van der Waals surface area contributed by atoms with Gasteiger partial charge in [0.1, 0.15) is 5.82 Å². The van der Waals surface area contributed by atoms with Gasteiger partial charge in [0.05, 0.1) is 0 Å². The van der Waals surface area contributed by atoms with E-state index in [1.54, 1.807) is 12.1 Å². The Bertz CT molecular complexity index is 591. The molecule has 136 valence electrons. The summed E-state index contributed by atoms with van der Waals surface area (Å²) in [6.45, 7) is 3.23. The lowest BCUT2D eigenvalue weighted by Gasteiger charge is -2.36. The van der Waals surface area contributed by atoms with Gasteiger partial charge < -0.3 is 15.1 Å². The first-order chi connectivity index (χ1) is 12.1. The number of nitrogens with zero attached hydrogens (tertiary/aromatic N) is 2. The molecule has 1 aliphatic carbocycles. The Hall–Kier alpha value is -2.11. The van der Waals surface area contributed by atoms with Crippen LogP contribution in [0, 0.1) is 11.7 Å². The molecule has 5 nitrogen and oxygen atoms in total. The maximum absolute atomic E-state index is 13.0. The summed E-state index contributed by atoms with van der Waals surface area (Å²) in [4.78, 5) is 28.3. The van der Waals surface area contributed by atoms with Gasteiger partial charge in [0.2, 0.25) is 11.8 Å². The number of carbonyl (C=O) groups is 2. The van der Waals surface area contributed by atoms with Crippen molar-refractivity contribution in [2.24, 2.45) is 5.92 Å². The number of carbonyl (C=O) groups excluding carboxylic acids is 2. The summed E-state index contributed by atoms with van der Waals surface area (Å²) < 4.78 is 13.0. The van der Waals surface area contributed by atoms with Gasteiger partial charge in [-0.25, -0.2) is 4.39 Å². The fourth-order valence-electron chi connectivity index (χ4n) is 3.65. The lowest BCUT2D eigenvalue weighted by Crippen LogP contribution is -2.49. The van der Waals surface area contributed by atoms with Crippen LogP contribution in [0.4, 0.5) is 10.1 Å². The van der Waals surface area contributed by atoms with E-state index >= 15 is 0 Å². The third-order valence-electron chi connectivity index (χ3n) is 5.19. The molecular weight excluding hydrogens is 321 g/mol. The minimum Gasteiger partial charge on any atom is -0.368 e. The standard InChI is InChI=1S/C19H26FN3O2/c20-16-5-7-17(8-6-16)22-11-13-23(14-12-22)18(24)9-10-21-19(25)15-3-1-2-4-15/h5-8,15H,1-4,9-14H2,(H,21,25). The van der Waals surface area contributed by atoms with Crippen LogP contribution < -0.4 is 10.2 Å². The van der Waals surface area contributed by atoms with Crippen LogP contribution in [0.15, 0.2) is 24.3 Å². The molecule has 1 aromatic carbocycles. The van der Waals surface area contributed by atoms with Crippen LogP contribution in [0.1, 0.15) is 32.1 Å². The monoisotopic (exact) mass is 347 g/mol. The highest BCUT2D eigenvalue weighted by Crippen LogP contribution is 2.24. The van der Waals surface area contributed by atoms with Crippen molar-refractivity contribution in [3.8, 4) is 0 Å². The molecule has 1 N–H and O–H groups in total. The van der Waals surface area contributed by atoms with E-state index in [1.165, 1.54) is 12.1 Å². The number of piperazine rings is 1. The Morgan fingerprint density at radius 2 is 1.68 bits per heavy atom. The van der Waals surface area contributed by atoms with Crippen LogP contribution >= 0.6 is 0 Å². The number of rotatable bonds is 5. The Balaban J connectivity index is 1.38. The lowest BCUT2D eigenvalue weighted by atomic mass is 10.1.